The third-order valence-corrected chi connectivity index (χ3v) is 7.01. The van der Waals surface area contributed by atoms with Gasteiger partial charge in [0.05, 0.1) is 12.1 Å². The standard InChI is InChI=1S/C25H26FN3/c26-21-10-19(23-11-16-3-1-2-4-22(16)28-23)12-25-20(21)13-24(29-25)17-5-6-18-14-27-8-7-15(18)9-17/h1-6,9,12,23-25,27-29H,7-8,10-11,13-14H2. The summed E-state index contributed by atoms with van der Waals surface area (Å²) in [5.74, 6) is 0.0717. The maximum atomic E-state index is 15.1. The molecule has 0 saturated carbocycles. The van der Waals surface area contributed by atoms with Gasteiger partial charge < -0.3 is 10.6 Å². The van der Waals surface area contributed by atoms with Gasteiger partial charge in [-0.15, -0.1) is 0 Å². The number of fused-ring (bicyclic) bond motifs is 3. The molecule has 4 heteroatoms. The molecule has 6 rings (SSSR count). The van der Waals surface area contributed by atoms with Crippen molar-refractivity contribution in [1.29, 1.82) is 0 Å². The van der Waals surface area contributed by atoms with Crippen molar-refractivity contribution in [1.82, 2.24) is 10.6 Å². The van der Waals surface area contributed by atoms with Crippen LogP contribution in [0.1, 0.15) is 41.1 Å². The van der Waals surface area contributed by atoms with Gasteiger partial charge in [0.15, 0.2) is 0 Å². The second kappa shape index (κ2) is 6.82. The van der Waals surface area contributed by atoms with Gasteiger partial charge >= 0.3 is 0 Å². The summed E-state index contributed by atoms with van der Waals surface area (Å²) in [6, 6.07) is 15.6. The van der Waals surface area contributed by atoms with Gasteiger partial charge in [0.2, 0.25) is 0 Å². The van der Waals surface area contributed by atoms with Crippen LogP contribution in [0.25, 0.3) is 0 Å². The second-order valence-electron chi connectivity index (χ2n) is 8.76. The summed E-state index contributed by atoms with van der Waals surface area (Å²) < 4.78 is 15.1. The van der Waals surface area contributed by atoms with E-state index < -0.39 is 0 Å². The summed E-state index contributed by atoms with van der Waals surface area (Å²) in [5, 5.41) is 10.7. The molecule has 1 aliphatic carbocycles. The number of rotatable bonds is 2. The Bertz CT molecular complexity index is 1010. The highest BCUT2D eigenvalue weighted by Gasteiger charge is 2.36. The molecule has 0 aromatic heterocycles. The van der Waals surface area contributed by atoms with Crippen molar-refractivity contribution in [2.24, 2.45) is 0 Å². The maximum Gasteiger partial charge on any atom is 0.105 e. The van der Waals surface area contributed by atoms with Crippen molar-refractivity contribution < 1.29 is 4.39 Å². The van der Waals surface area contributed by atoms with Crippen LogP contribution in [-0.4, -0.2) is 18.6 Å². The normalized spacial score (nSPS) is 27.8. The minimum atomic E-state index is 0.0203. The maximum absolute atomic E-state index is 15.1. The minimum Gasteiger partial charge on any atom is -0.378 e. The van der Waals surface area contributed by atoms with Gasteiger partial charge in [0.25, 0.3) is 0 Å². The average molecular weight is 388 g/mol. The van der Waals surface area contributed by atoms with Crippen LogP contribution < -0.4 is 16.0 Å². The molecule has 0 spiro atoms. The molecule has 3 atom stereocenters. The predicted molar refractivity (Wildman–Crippen MR) is 115 cm³/mol. The first-order chi connectivity index (χ1) is 14.2. The summed E-state index contributed by atoms with van der Waals surface area (Å²) >= 11 is 0. The largest absolute Gasteiger partial charge is 0.378 e. The first kappa shape index (κ1) is 17.4. The van der Waals surface area contributed by atoms with Gasteiger partial charge in [-0.1, -0.05) is 42.5 Å². The van der Waals surface area contributed by atoms with Gasteiger partial charge in [0, 0.05) is 24.7 Å². The fourth-order valence-electron chi connectivity index (χ4n) is 5.41. The van der Waals surface area contributed by atoms with Gasteiger partial charge in [0.1, 0.15) is 5.83 Å². The van der Waals surface area contributed by atoms with E-state index in [1.54, 1.807) is 0 Å². The predicted octanol–water partition coefficient (Wildman–Crippen LogP) is 4.33. The fraction of sp³-hybridized carbons (Fsp3) is 0.360. The van der Waals surface area contributed by atoms with E-state index in [1.165, 1.54) is 33.5 Å². The van der Waals surface area contributed by atoms with Crippen molar-refractivity contribution in [3.8, 4) is 0 Å². The molecule has 2 aromatic rings. The molecule has 3 heterocycles. The summed E-state index contributed by atoms with van der Waals surface area (Å²) in [6.07, 6.45) is 5.52. The van der Waals surface area contributed by atoms with Crippen molar-refractivity contribution in [2.75, 3.05) is 11.9 Å². The van der Waals surface area contributed by atoms with Crippen LogP contribution in [0.15, 0.2) is 65.5 Å². The van der Waals surface area contributed by atoms with Crippen LogP contribution in [0, 0.1) is 0 Å². The Morgan fingerprint density at radius 2 is 1.86 bits per heavy atom. The zero-order valence-corrected chi connectivity index (χ0v) is 16.5. The van der Waals surface area contributed by atoms with E-state index in [0.29, 0.717) is 6.42 Å². The molecule has 1 saturated heterocycles. The van der Waals surface area contributed by atoms with E-state index >= 15 is 4.39 Å². The van der Waals surface area contributed by atoms with E-state index in [2.05, 4.69) is 64.5 Å². The molecule has 0 amide bonds. The highest BCUT2D eigenvalue weighted by Crippen LogP contribution is 2.41. The van der Waals surface area contributed by atoms with E-state index in [0.717, 1.165) is 37.9 Å². The van der Waals surface area contributed by atoms with Gasteiger partial charge in [-0.05, 0) is 65.3 Å². The smallest absolute Gasteiger partial charge is 0.105 e. The molecule has 3 N–H and O–H groups in total. The highest BCUT2D eigenvalue weighted by atomic mass is 19.1. The molecule has 2 aromatic carbocycles. The lowest BCUT2D eigenvalue weighted by atomic mass is 9.88. The molecule has 3 aliphatic heterocycles. The van der Waals surface area contributed by atoms with Crippen molar-refractivity contribution in [2.45, 2.75) is 50.4 Å². The van der Waals surface area contributed by atoms with E-state index in [1.807, 2.05) is 0 Å². The highest BCUT2D eigenvalue weighted by molar-refractivity contribution is 5.59. The lowest BCUT2D eigenvalue weighted by molar-refractivity contribution is 0.561. The van der Waals surface area contributed by atoms with E-state index in [9.17, 15) is 0 Å². The summed E-state index contributed by atoms with van der Waals surface area (Å²) in [7, 11) is 0. The molecule has 0 radical (unpaired) electrons. The Labute approximate surface area is 171 Å². The van der Waals surface area contributed by atoms with Crippen LogP contribution >= 0.6 is 0 Å². The average Bonchev–Trinajstić information content (AvgIpc) is 3.38. The Hall–Kier alpha value is -2.43. The van der Waals surface area contributed by atoms with Crippen LogP contribution in [0.2, 0.25) is 0 Å². The Kier molecular flexibility index (Phi) is 4.10. The van der Waals surface area contributed by atoms with E-state index in [4.69, 9.17) is 0 Å². The molecule has 4 aliphatic rings. The first-order valence-corrected chi connectivity index (χ1v) is 10.8. The van der Waals surface area contributed by atoms with E-state index in [-0.39, 0.29) is 24.0 Å². The monoisotopic (exact) mass is 387 g/mol. The Morgan fingerprint density at radius 1 is 0.931 bits per heavy atom. The van der Waals surface area contributed by atoms with Crippen molar-refractivity contribution in [3.05, 3.63) is 87.8 Å². The van der Waals surface area contributed by atoms with Crippen LogP contribution in [0.4, 0.5) is 10.1 Å². The Morgan fingerprint density at radius 3 is 2.79 bits per heavy atom. The third-order valence-electron chi connectivity index (χ3n) is 7.01. The topological polar surface area (TPSA) is 36.1 Å². The first-order valence-electron chi connectivity index (χ1n) is 10.8. The quantitative estimate of drug-likeness (QED) is 0.672. The number of para-hydroxylation sites is 1. The number of halogens is 1. The number of hydrogen-bond acceptors (Lipinski definition) is 3. The number of hydrogen-bond donors (Lipinski definition) is 3. The SMILES string of the molecule is FC1=C2CC(c3ccc4c(c3)CCNC4)NC2C=C(C2Cc3ccccc3N2)C1. The fourth-order valence-corrected chi connectivity index (χ4v) is 5.41. The number of nitrogens with one attached hydrogen (secondary N) is 3. The van der Waals surface area contributed by atoms with Crippen LogP contribution in [-0.2, 0) is 19.4 Å². The molecule has 148 valence electrons. The minimum absolute atomic E-state index is 0.0203. The Balaban J connectivity index is 1.23. The number of allylic oxidation sites excluding steroid dienone is 1. The molecular formula is C25H26FN3. The van der Waals surface area contributed by atoms with Gasteiger partial charge in [-0.3, -0.25) is 5.32 Å². The number of anilines is 1. The van der Waals surface area contributed by atoms with Gasteiger partial charge in [-0.2, -0.15) is 0 Å². The molecular weight excluding hydrogens is 361 g/mol. The summed E-state index contributed by atoms with van der Waals surface area (Å²) in [5.41, 5.74) is 8.78. The molecule has 3 nitrogen and oxygen atoms in total. The molecule has 29 heavy (non-hydrogen) atoms. The van der Waals surface area contributed by atoms with Crippen LogP contribution in [0.5, 0.6) is 0 Å². The second-order valence-corrected chi connectivity index (χ2v) is 8.76. The number of benzene rings is 2. The molecule has 1 fully saturated rings. The zero-order valence-electron chi connectivity index (χ0n) is 16.5. The van der Waals surface area contributed by atoms with Gasteiger partial charge in [-0.25, -0.2) is 4.39 Å². The molecule has 3 unspecified atom stereocenters. The van der Waals surface area contributed by atoms with Crippen molar-refractivity contribution >= 4 is 5.69 Å². The van der Waals surface area contributed by atoms with Crippen LogP contribution in [0.3, 0.4) is 0 Å². The summed E-state index contributed by atoms with van der Waals surface area (Å²) in [4.78, 5) is 0. The van der Waals surface area contributed by atoms with Crippen molar-refractivity contribution in [3.63, 3.8) is 0 Å². The lowest BCUT2D eigenvalue weighted by Crippen LogP contribution is -2.29. The lowest BCUT2D eigenvalue weighted by Gasteiger charge is -2.23. The third kappa shape index (κ3) is 3.02. The summed E-state index contributed by atoms with van der Waals surface area (Å²) in [6.45, 7) is 2.00. The zero-order chi connectivity index (χ0) is 19.4. The molecule has 0 bridgehead atoms.